The first kappa shape index (κ1) is 13.9. The Bertz CT molecular complexity index is 573. The molecule has 0 bridgehead atoms. The maximum absolute atomic E-state index is 11.7. The summed E-state index contributed by atoms with van der Waals surface area (Å²) in [5.74, 6) is 1.21. The number of pyridine rings is 1. The Morgan fingerprint density at radius 1 is 1.40 bits per heavy atom. The summed E-state index contributed by atoms with van der Waals surface area (Å²) >= 11 is 0. The van der Waals surface area contributed by atoms with Crippen LogP contribution in [0.25, 0.3) is 0 Å². The predicted molar refractivity (Wildman–Crippen MR) is 72.6 cm³/mol. The minimum Gasteiger partial charge on any atom is -0.481 e. The molecule has 7 heteroatoms. The molecule has 0 fully saturated rings. The van der Waals surface area contributed by atoms with Crippen LogP contribution in [0.4, 0.5) is 10.8 Å². The van der Waals surface area contributed by atoms with Gasteiger partial charge in [0.15, 0.2) is 0 Å². The average molecular weight is 276 g/mol. The minimum atomic E-state index is -0.387. The number of nitrogens with zero attached hydrogens (tertiary/aromatic N) is 2. The largest absolute Gasteiger partial charge is 0.481 e. The topological polar surface area (TPSA) is 89.3 Å². The molecule has 106 valence electrons. The molecule has 20 heavy (non-hydrogen) atoms. The molecule has 0 unspecified atom stereocenters. The van der Waals surface area contributed by atoms with Crippen LogP contribution in [0.2, 0.25) is 0 Å². The van der Waals surface area contributed by atoms with Gasteiger partial charge in [0, 0.05) is 18.8 Å². The number of hydrogen-bond donors (Lipinski definition) is 2. The van der Waals surface area contributed by atoms with E-state index in [0.29, 0.717) is 18.2 Å². The lowest BCUT2D eigenvalue weighted by Crippen LogP contribution is -2.28. The van der Waals surface area contributed by atoms with E-state index < -0.39 is 0 Å². The SMILES string of the molecule is COc1ccc(CNC(=O)Nc2nc(C)c(C)o2)cn1. The number of aromatic nitrogens is 2. The van der Waals surface area contributed by atoms with E-state index in [-0.39, 0.29) is 12.0 Å². The van der Waals surface area contributed by atoms with Gasteiger partial charge in [-0.1, -0.05) is 6.07 Å². The summed E-state index contributed by atoms with van der Waals surface area (Å²) in [6.45, 7) is 3.95. The fourth-order valence-corrected chi connectivity index (χ4v) is 1.49. The predicted octanol–water partition coefficient (Wildman–Crippen LogP) is 2.02. The van der Waals surface area contributed by atoms with Crippen LogP contribution in [0.3, 0.4) is 0 Å². The van der Waals surface area contributed by atoms with E-state index in [1.807, 2.05) is 13.0 Å². The summed E-state index contributed by atoms with van der Waals surface area (Å²) in [4.78, 5) is 19.8. The van der Waals surface area contributed by atoms with Crippen molar-refractivity contribution in [1.29, 1.82) is 0 Å². The molecule has 2 amide bonds. The van der Waals surface area contributed by atoms with E-state index in [1.54, 1.807) is 26.3 Å². The number of ether oxygens (including phenoxy) is 1. The Morgan fingerprint density at radius 2 is 2.20 bits per heavy atom. The number of rotatable bonds is 4. The third-order valence-electron chi connectivity index (χ3n) is 2.71. The number of hydrogen-bond acceptors (Lipinski definition) is 5. The number of methoxy groups -OCH3 is 1. The molecular weight excluding hydrogens is 260 g/mol. The average Bonchev–Trinajstić information content (AvgIpc) is 2.75. The zero-order valence-corrected chi connectivity index (χ0v) is 11.6. The monoisotopic (exact) mass is 276 g/mol. The second-order valence-corrected chi connectivity index (χ2v) is 4.18. The van der Waals surface area contributed by atoms with Gasteiger partial charge in [0.1, 0.15) is 5.76 Å². The summed E-state index contributed by atoms with van der Waals surface area (Å²) in [5, 5.41) is 5.21. The Hall–Kier alpha value is -2.57. The summed E-state index contributed by atoms with van der Waals surface area (Å²) in [5.41, 5.74) is 1.61. The lowest BCUT2D eigenvalue weighted by molar-refractivity contribution is 0.251. The van der Waals surface area contributed by atoms with E-state index in [4.69, 9.17) is 9.15 Å². The summed E-state index contributed by atoms with van der Waals surface area (Å²) < 4.78 is 10.2. The zero-order chi connectivity index (χ0) is 14.5. The molecule has 0 aromatic carbocycles. The molecule has 0 aliphatic carbocycles. The van der Waals surface area contributed by atoms with Crippen molar-refractivity contribution in [2.45, 2.75) is 20.4 Å². The lowest BCUT2D eigenvalue weighted by atomic mass is 10.3. The van der Waals surface area contributed by atoms with Crippen molar-refractivity contribution in [2.75, 3.05) is 12.4 Å². The molecular formula is C13H16N4O3. The van der Waals surface area contributed by atoms with Crippen LogP contribution < -0.4 is 15.4 Å². The van der Waals surface area contributed by atoms with Gasteiger partial charge in [0.25, 0.3) is 0 Å². The number of urea groups is 1. The molecule has 0 aliphatic heterocycles. The quantitative estimate of drug-likeness (QED) is 0.891. The molecule has 2 aromatic rings. The number of carbonyl (C=O) groups is 1. The Balaban J connectivity index is 1.85. The second-order valence-electron chi connectivity index (χ2n) is 4.18. The molecule has 0 saturated carbocycles. The molecule has 2 aromatic heterocycles. The third kappa shape index (κ3) is 3.47. The molecule has 7 nitrogen and oxygen atoms in total. The van der Waals surface area contributed by atoms with Gasteiger partial charge in [-0.05, 0) is 19.4 Å². The smallest absolute Gasteiger partial charge is 0.323 e. The molecule has 2 heterocycles. The van der Waals surface area contributed by atoms with Crippen LogP contribution in [0.15, 0.2) is 22.7 Å². The van der Waals surface area contributed by atoms with Crippen LogP contribution >= 0.6 is 0 Å². The van der Waals surface area contributed by atoms with Crippen LogP contribution in [0.1, 0.15) is 17.0 Å². The molecule has 0 spiro atoms. The van der Waals surface area contributed by atoms with Crippen LogP contribution in [-0.4, -0.2) is 23.1 Å². The van der Waals surface area contributed by atoms with E-state index in [0.717, 1.165) is 11.3 Å². The van der Waals surface area contributed by atoms with Gasteiger partial charge < -0.3 is 14.5 Å². The Morgan fingerprint density at radius 3 is 2.75 bits per heavy atom. The van der Waals surface area contributed by atoms with E-state index >= 15 is 0 Å². The number of aryl methyl sites for hydroxylation is 2. The van der Waals surface area contributed by atoms with E-state index in [9.17, 15) is 4.79 Å². The molecule has 0 atom stereocenters. The van der Waals surface area contributed by atoms with Crippen molar-refractivity contribution in [1.82, 2.24) is 15.3 Å². The zero-order valence-electron chi connectivity index (χ0n) is 11.6. The first-order chi connectivity index (χ1) is 9.58. The van der Waals surface area contributed by atoms with Gasteiger partial charge in [-0.3, -0.25) is 5.32 Å². The highest BCUT2D eigenvalue weighted by molar-refractivity contribution is 5.86. The first-order valence-corrected chi connectivity index (χ1v) is 6.06. The summed E-state index contributed by atoms with van der Waals surface area (Å²) in [7, 11) is 1.55. The number of carbonyl (C=O) groups excluding carboxylic acids is 1. The number of amides is 2. The molecule has 0 radical (unpaired) electrons. The van der Waals surface area contributed by atoms with Crippen LogP contribution in [0, 0.1) is 13.8 Å². The molecule has 2 N–H and O–H groups in total. The Labute approximate surface area is 116 Å². The minimum absolute atomic E-state index is 0.186. The second kappa shape index (κ2) is 6.05. The van der Waals surface area contributed by atoms with Gasteiger partial charge in [-0.2, -0.15) is 4.98 Å². The van der Waals surface area contributed by atoms with Crippen LogP contribution in [0.5, 0.6) is 5.88 Å². The third-order valence-corrected chi connectivity index (χ3v) is 2.71. The highest BCUT2D eigenvalue weighted by atomic mass is 16.5. The van der Waals surface area contributed by atoms with Crippen molar-refractivity contribution >= 4 is 12.0 Å². The van der Waals surface area contributed by atoms with Crippen molar-refractivity contribution in [3.05, 3.63) is 35.3 Å². The molecule has 2 rings (SSSR count). The Kier molecular flexibility index (Phi) is 4.19. The van der Waals surface area contributed by atoms with Crippen LogP contribution in [-0.2, 0) is 6.54 Å². The van der Waals surface area contributed by atoms with E-state index in [1.165, 1.54) is 0 Å². The summed E-state index contributed by atoms with van der Waals surface area (Å²) in [6, 6.07) is 3.36. The standard InChI is InChI=1S/C13H16N4O3/c1-8-9(2)20-13(16-8)17-12(18)15-7-10-4-5-11(19-3)14-6-10/h4-6H,7H2,1-3H3,(H2,15,16,17,18). The summed E-state index contributed by atoms with van der Waals surface area (Å²) in [6.07, 6.45) is 1.64. The number of oxazole rings is 1. The molecule has 0 saturated heterocycles. The van der Waals surface area contributed by atoms with Gasteiger partial charge >= 0.3 is 12.0 Å². The van der Waals surface area contributed by atoms with Gasteiger partial charge in [-0.25, -0.2) is 9.78 Å². The van der Waals surface area contributed by atoms with Crippen molar-refractivity contribution in [3.63, 3.8) is 0 Å². The fraction of sp³-hybridized carbons (Fsp3) is 0.308. The normalized spacial score (nSPS) is 10.2. The van der Waals surface area contributed by atoms with Crippen molar-refractivity contribution < 1.29 is 13.9 Å². The van der Waals surface area contributed by atoms with Gasteiger partial charge in [0.05, 0.1) is 12.8 Å². The van der Waals surface area contributed by atoms with Gasteiger partial charge in [-0.15, -0.1) is 0 Å². The highest BCUT2D eigenvalue weighted by Gasteiger charge is 2.09. The maximum atomic E-state index is 11.7. The fourth-order valence-electron chi connectivity index (χ4n) is 1.49. The first-order valence-electron chi connectivity index (χ1n) is 6.06. The molecule has 0 aliphatic rings. The number of anilines is 1. The highest BCUT2D eigenvalue weighted by Crippen LogP contribution is 2.12. The maximum Gasteiger partial charge on any atom is 0.323 e. The lowest BCUT2D eigenvalue weighted by Gasteiger charge is -2.05. The van der Waals surface area contributed by atoms with Crippen molar-refractivity contribution in [2.24, 2.45) is 0 Å². The van der Waals surface area contributed by atoms with Gasteiger partial charge in [0.2, 0.25) is 5.88 Å². The van der Waals surface area contributed by atoms with E-state index in [2.05, 4.69) is 20.6 Å². The number of nitrogens with one attached hydrogen (secondary N) is 2. The van der Waals surface area contributed by atoms with Crippen molar-refractivity contribution in [3.8, 4) is 5.88 Å².